The number of rotatable bonds is 8. The lowest BCUT2D eigenvalue weighted by molar-refractivity contribution is -0.138. The molecule has 2 aromatic rings. The van der Waals surface area contributed by atoms with Crippen molar-refractivity contribution in [1.82, 2.24) is 15.3 Å². The van der Waals surface area contributed by atoms with Gasteiger partial charge in [0.05, 0.1) is 18.7 Å². The van der Waals surface area contributed by atoms with Gasteiger partial charge in [0.15, 0.2) is 6.23 Å². The van der Waals surface area contributed by atoms with E-state index in [-0.39, 0.29) is 23.8 Å². The van der Waals surface area contributed by atoms with Crippen LogP contribution in [0.4, 0.5) is 4.79 Å². The van der Waals surface area contributed by atoms with Crippen molar-refractivity contribution in [3.05, 3.63) is 36.3 Å². The van der Waals surface area contributed by atoms with E-state index < -0.39 is 37.1 Å². The van der Waals surface area contributed by atoms with Gasteiger partial charge in [0.1, 0.15) is 17.1 Å². The molecule has 0 bridgehead atoms. The molecule has 0 aliphatic carbocycles. The number of carbonyl (C=O) groups excluding carboxylic acids is 1. The first-order valence-corrected chi connectivity index (χ1v) is 10.4. The highest BCUT2D eigenvalue weighted by molar-refractivity contribution is 6.62. The molecule has 0 saturated carbocycles. The summed E-state index contributed by atoms with van der Waals surface area (Å²) in [4.78, 5) is 31.5. The minimum absolute atomic E-state index is 0.192. The molecule has 1 aliphatic heterocycles. The van der Waals surface area contributed by atoms with E-state index >= 15 is 0 Å². The Bertz CT molecular complexity index is 999. The van der Waals surface area contributed by atoms with E-state index in [1.807, 2.05) is 0 Å². The number of carboxylic acids is 1. The lowest BCUT2D eigenvalue weighted by Gasteiger charge is -2.25. The smallest absolute Gasteiger partial charge is 0.481 e. The van der Waals surface area contributed by atoms with Gasteiger partial charge in [-0.05, 0) is 32.3 Å². The summed E-state index contributed by atoms with van der Waals surface area (Å²) in [5, 5.41) is 22.3. The first-order chi connectivity index (χ1) is 15.6. The van der Waals surface area contributed by atoms with Crippen LogP contribution < -0.4 is 20.3 Å². The molecule has 1 aromatic heterocycles. The van der Waals surface area contributed by atoms with Crippen molar-refractivity contribution in [2.24, 2.45) is 0 Å². The van der Waals surface area contributed by atoms with Crippen LogP contribution in [0.5, 0.6) is 17.4 Å². The predicted molar refractivity (Wildman–Crippen MR) is 116 cm³/mol. The molecule has 1 aromatic carbocycles. The van der Waals surface area contributed by atoms with Gasteiger partial charge < -0.3 is 29.0 Å². The number of nitrogens with one attached hydrogen (secondary N) is 1. The van der Waals surface area contributed by atoms with E-state index in [0.717, 1.165) is 0 Å². The normalized spacial score (nSPS) is 16.0. The van der Waals surface area contributed by atoms with Crippen LogP contribution in [-0.2, 0) is 14.2 Å². The van der Waals surface area contributed by atoms with Crippen molar-refractivity contribution >= 4 is 24.6 Å². The molecule has 2 atom stereocenters. The van der Waals surface area contributed by atoms with Gasteiger partial charge in [0.2, 0.25) is 5.88 Å². The number of fused-ring (bicyclic) bond motifs is 1. The topological polar surface area (TPSA) is 149 Å². The number of carbonyl (C=O) groups is 2. The third-order valence-corrected chi connectivity index (χ3v) is 4.47. The molecule has 2 unspecified atom stereocenters. The Morgan fingerprint density at radius 2 is 2.06 bits per heavy atom. The number of amides is 1. The van der Waals surface area contributed by atoms with Crippen molar-refractivity contribution in [3.63, 3.8) is 0 Å². The van der Waals surface area contributed by atoms with Gasteiger partial charge in [-0.25, -0.2) is 9.78 Å². The second-order valence-electron chi connectivity index (χ2n) is 8.31. The van der Waals surface area contributed by atoms with Crippen LogP contribution in [0, 0.1) is 0 Å². The van der Waals surface area contributed by atoms with Gasteiger partial charge in [-0.15, -0.1) is 0 Å². The van der Waals surface area contributed by atoms with Gasteiger partial charge in [-0.3, -0.25) is 15.1 Å². The molecule has 0 saturated heterocycles. The number of nitrogens with zero attached hydrogens (tertiary/aromatic N) is 2. The molecule has 0 fully saturated rings. The Balaban J connectivity index is 1.93. The Hall–Kier alpha value is -3.38. The quantitative estimate of drug-likeness (QED) is 0.396. The number of benzene rings is 1. The second-order valence-corrected chi connectivity index (χ2v) is 8.31. The molecule has 0 radical (unpaired) electrons. The van der Waals surface area contributed by atoms with E-state index in [1.165, 1.54) is 30.7 Å². The largest absolute Gasteiger partial charge is 0.492 e. The minimum atomic E-state index is -1.38. The summed E-state index contributed by atoms with van der Waals surface area (Å²) in [5.74, 6) is -0.449. The maximum atomic E-state index is 12.2. The molecule has 11 nitrogen and oxygen atoms in total. The summed E-state index contributed by atoms with van der Waals surface area (Å²) in [6.07, 6.45) is 1.91. The van der Waals surface area contributed by atoms with Crippen LogP contribution in [0.3, 0.4) is 0 Å². The molecular weight excluding hydrogens is 433 g/mol. The van der Waals surface area contributed by atoms with Crippen LogP contribution in [0.25, 0.3) is 0 Å². The molecule has 33 heavy (non-hydrogen) atoms. The van der Waals surface area contributed by atoms with E-state index in [9.17, 15) is 19.7 Å². The number of alkyl carbamates (subject to hydrolysis) is 1. The summed E-state index contributed by atoms with van der Waals surface area (Å²) >= 11 is 0. The Morgan fingerprint density at radius 1 is 1.30 bits per heavy atom. The Labute approximate surface area is 191 Å². The zero-order valence-corrected chi connectivity index (χ0v) is 18.8. The number of ether oxygens (including phenoxy) is 3. The summed E-state index contributed by atoms with van der Waals surface area (Å²) in [6, 6.07) is 3.04. The van der Waals surface area contributed by atoms with E-state index in [2.05, 4.69) is 15.3 Å². The first-order valence-electron chi connectivity index (χ1n) is 10.4. The number of hydrogen-bond acceptors (Lipinski definition) is 9. The lowest BCUT2D eigenvalue weighted by atomic mass is 9.78. The van der Waals surface area contributed by atoms with Gasteiger partial charge in [-0.2, -0.15) is 0 Å². The summed E-state index contributed by atoms with van der Waals surface area (Å²) < 4.78 is 22.5. The summed E-state index contributed by atoms with van der Waals surface area (Å²) in [5.41, 5.74) is -0.0378. The van der Waals surface area contributed by atoms with Crippen LogP contribution in [0.1, 0.15) is 52.2 Å². The monoisotopic (exact) mass is 459 g/mol. The van der Waals surface area contributed by atoms with Crippen molar-refractivity contribution in [1.29, 1.82) is 0 Å². The van der Waals surface area contributed by atoms with Crippen molar-refractivity contribution in [2.75, 3.05) is 0 Å². The third-order valence-electron chi connectivity index (χ3n) is 4.47. The maximum absolute atomic E-state index is 12.2. The molecule has 1 aliphatic rings. The molecule has 3 N–H and O–H groups in total. The molecular formula is C21H26BN3O8. The van der Waals surface area contributed by atoms with Gasteiger partial charge in [0.25, 0.3) is 0 Å². The van der Waals surface area contributed by atoms with Crippen LogP contribution in [0.15, 0.2) is 30.7 Å². The standard InChI is InChI=1S/C21H26BN3O8/c1-5-16(25-20(28)32-21(2,3)4)31-14-9-12(30-17-11-23-6-7-24-17)8-13-19(14)15(10-18(26)27)33-22(13)29/h6-9,11,15-16,29H,5,10H2,1-4H3,(H,25,28)(H,26,27). The van der Waals surface area contributed by atoms with Crippen molar-refractivity contribution in [3.8, 4) is 17.4 Å². The Morgan fingerprint density at radius 3 is 2.67 bits per heavy atom. The number of hydrogen-bond donors (Lipinski definition) is 3. The number of carboxylic acid groups (broad SMARTS) is 1. The highest BCUT2D eigenvalue weighted by atomic mass is 16.6. The van der Waals surface area contributed by atoms with Gasteiger partial charge in [-0.1, -0.05) is 6.92 Å². The summed E-state index contributed by atoms with van der Waals surface area (Å²) in [6.45, 7) is 7.01. The molecule has 1 amide bonds. The van der Waals surface area contributed by atoms with Gasteiger partial charge in [0, 0.05) is 30.4 Å². The average molecular weight is 459 g/mol. The highest BCUT2D eigenvalue weighted by Gasteiger charge is 2.40. The van der Waals surface area contributed by atoms with Crippen molar-refractivity contribution < 1.29 is 38.6 Å². The van der Waals surface area contributed by atoms with Gasteiger partial charge >= 0.3 is 19.2 Å². The average Bonchev–Trinajstić information content (AvgIpc) is 3.01. The molecule has 176 valence electrons. The molecule has 12 heteroatoms. The third kappa shape index (κ3) is 6.56. The number of aromatic nitrogens is 2. The molecule has 0 spiro atoms. The highest BCUT2D eigenvalue weighted by Crippen LogP contribution is 2.38. The zero-order valence-electron chi connectivity index (χ0n) is 18.8. The fourth-order valence-corrected chi connectivity index (χ4v) is 3.20. The Kier molecular flexibility index (Phi) is 7.39. The summed E-state index contributed by atoms with van der Waals surface area (Å²) in [7, 11) is -1.38. The minimum Gasteiger partial charge on any atom is -0.481 e. The van der Waals surface area contributed by atoms with Crippen LogP contribution in [-0.4, -0.2) is 51.1 Å². The van der Waals surface area contributed by atoms with Crippen LogP contribution >= 0.6 is 0 Å². The van der Waals surface area contributed by atoms with E-state index in [4.69, 9.17) is 18.9 Å². The fraction of sp³-hybridized carbons (Fsp3) is 0.429. The van der Waals surface area contributed by atoms with E-state index in [1.54, 1.807) is 27.7 Å². The van der Waals surface area contributed by atoms with E-state index in [0.29, 0.717) is 17.4 Å². The lowest BCUT2D eigenvalue weighted by Crippen LogP contribution is -2.42. The maximum Gasteiger partial charge on any atom is 0.492 e. The van der Waals surface area contributed by atoms with Crippen molar-refractivity contribution in [2.45, 2.75) is 58.5 Å². The first kappa shape index (κ1) is 24.3. The SMILES string of the molecule is CCC(NC(=O)OC(C)(C)C)Oc1cc(Oc2cnccn2)cc2c1C(CC(=O)O)OB2O. The molecule has 2 heterocycles. The second kappa shape index (κ2) is 10.0. The number of aliphatic carboxylic acids is 1. The zero-order chi connectivity index (χ0) is 24.2. The predicted octanol–water partition coefficient (Wildman–Crippen LogP) is 2.14. The fourth-order valence-electron chi connectivity index (χ4n) is 3.20. The van der Waals surface area contributed by atoms with Crippen LogP contribution in [0.2, 0.25) is 0 Å². The molecule has 3 rings (SSSR count).